The van der Waals surface area contributed by atoms with Crippen LogP contribution in [0.3, 0.4) is 0 Å². The van der Waals surface area contributed by atoms with E-state index in [4.69, 9.17) is 9.47 Å². The van der Waals surface area contributed by atoms with Crippen LogP contribution < -0.4 is 14.8 Å². The van der Waals surface area contributed by atoms with E-state index in [1.807, 2.05) is 49.1 Å². The van der Waals surface area contributed by atoms with Crippen LogP contribution in [0.5, 0.6) is 11.5 Å². The lowest BCUT2D eigenvalue weighted by Gasteiger charge is -2.29. The standard InChI is InChI=1S/C22H26N2O4/c1-3-22(26)24-12-11-16-5-6-18(13-17(16)14-24)23-21(25)15-28-20-9-7-19(8-10-20)27-4-2/h5-10,13H,3-4,11-12,14-15H2,1-2H3,(H,23,25). The molecule has 28 heavy (non-hydrogen) atoms. The molecular formula is C22H26N2O4. The fourth-order valence-electron chi connectivity index (χ4n) is 3.22. The summed E-state index contributed by atoms with van der Waals surface area (Å²) in [5.74, 6) is 1.30. The van der Waals surface area contributed by atoms with Gasteiger partial charge in [0.15, 0.2) is 6.61 Å². The summed E-state index contributed by atoms with van der Waals surface area (Å²) in [6.07, 6.45) is 1.35. The van der Waals surface area contributed by atoms with Gasteiger partial charge in [0.25, 0.3) is 5.91 Å². The Balaban J connectivity index is 1.55. The molecule has 1 heterocycles. The molecule has 0 aromatic heterocycles. The van der Waals surface area contributed by atoms with Crippen LogP contribution in [0.15, 0.2) is 42.5 Å². The molecule has 6 nitrogen and oxygen atoms in total. The van der Waals surface area contributed by atoms with Crippen molar-refractivity contribution in [3.8, 4) is 11.5 Å². The number of hydrogen-bond donors (Lipinski definition) is 1. The van der Waals surface area contributed by atoms with Gasteiger partial charge in [-0.25, -0.2) is 0 Å². The Morgan fingerprint density at radius 1 is 1.00 bits per heavy atom. The van der Waals surface area contributed by atoms with Gasteiger partial charge in [0.2, 0.25) is 5.91 Å². The number of nitrogens with one attached hydrogen (secondary N) is 1. The average Bonchev–Trinajstić information content (AvgIpc) is 2.72. The van der Waals surface area contributed by atoms with Crippen molar-refractivity contribution in [1.29, 1.82) is 0 Å². The van der Waals surface area contributed by atoms with Crippen molar-refractivity contribution in [3.63, 3.8) is 0 Å². The van der Waals surface area contributed by atoms with E-state index in [2.05, 4.69) is 5.32 Å². The molecule has 0 aliphatic carbocycles. The van der Waals surface area contributed by atoms with Gasteiger partial charge < -0.3 is 19.7 Å². The Labute approximate surface area is 165 Å². The first kappa shape index (κ1) is 19.7. The summed E-state index contributed by atoms with van der Waals surface area (Å²) >= 11 is 0. The maximum absolute atomic E-state index is 12.2. The summed E-state index contributed by atoms with van der Waals surface area (Å²) in [6.45, 7) is 5.67. The highest BCUT2D eigenvalue weighted by molar-refractivity contribution is 5.92. The second-order valence-corrected chi connectivity index (χ2v) is 6.64. The molecule has 2 aromatic rings. The van der Waals surface area contributed by atoms with Gasteiger partial charge >= 0.3 is 0 Å². The summed E-state index contributed by atoms with van der Waals surface area (Å²) in [5.41, 5.74) is 3.02. The lowest BCUT2D eigenvalue weighted by molar-refractivity contribution is -0.131. The van der Waals surface area contributed by atoms with Crippen molar-refractivity contribution in [1.82, 2.24) is 4.90 Å². The van der Waals surface area contributed by atoms with Crippen molar-refractivity contribution in [2.75, 3.05) is 25.1 Å². The predicted octanol–water partition coefficient (Wildman–Crippen LogP) is 3.40. The van der Waals surface area contributed by atoms with Crippen molar-refractivity contribution in [2.45, 2.75) is 33.2 Å². The van der Waals surface area contributed by atoms with Crippen LogP contribution in [0.4, 0.5) is 5.69 Å². The third kappa shape index (κ3) is 5.03. The molecule has 0 atom stereocenters. The number of rotatable bonds is 7. The number of amides is 2. The molecule has 2 aromatic carbocycles. The maximum Gasteiger partial charge on any atom is 0.262 e. The summed E-state index contributed by atoms with van der Waals surface area (Å²) in [4.78, 5) is 26.0. The van der Waals surface area contributed by atoms with Crippen molar-refractivity contribution in [3.05, 3.63) is 53.6 Å². The van der Waals surface area contributed by atoms with E-state index in [0.29, 0.717) is 31.0 Å². The smallest absolute Gasteiger partial charge is 0.262 e. The Bertz CT molecular complexity index is 833. The van der Waals surface area contributed by atoms with Crippen LogP contribution in [0, 0.1) is 0 Å². The van der Waals surface area contributed by atoms with Gasteiger partial charge in [-0.05, 0) is 60.9 Å². The number of fused-ring (bicyclic) bond motifs is 1. The normalized spacial score (nSPS) is 12.9. The fraction of sp³-hybridized carbons (Fsp3) is 0.364. The predicted molar refractivity (Wildman–Crippen MR) is 108 cm³/mol. The maximum atomic E-state index is 12.2. The van der Waals surface area contributed by atoms with E-state index in [0.717, 1.165) is 24.3 Å². The minimum atomic E-state index is -0.230. The van der Waals surface area contributed by atoms with Crippen LogP contribution in [-0.4, -0.2) is 36.5 Å². The van der Waals surface area contributed by atoms with Gasteiger partial charge in [-0.3, -0.25) is 9.59 Å². The van der Waals surface area contributed by atoms with E-state index in [1.54, 1.807) is 12.1 Å². The van der Waals surface area contributed by atoms with Crippen LogP contribution in [0.1, 0.15) is 31.4 Å². The number of anilines is 1. The number of hydrogen-bond acceptors (Lipinski definition) is 4. The minimum Gasteiger partial charge on any atom is -0.494 e. The number of benzene rings is 2. The molecule has 6 heteroatoms. The third-order valence-electron chi connectivity index (χ3n) is 4.66. The SMILES string of the molecule is CCOc1ccc(OCC(=O)Nc2ccc3c(c2)CN(C(=O)CC)CC3)cc1. The topological polar surface area (TPSA) is 67.9 Å². The van der Waals surface area contributed by atoms with Gasteiger partial charge in [0, 0.05) is 25.2 Å². The Kier molecular flexibility index (Phi) is 6.53. The van der Waals surface area contributed by atoms with Crippen molar-refractivity contribution < 1.29 is 19.1 Å². The molecule has 0 bridgehead atoms. The minimum absolute atomic E-state index is 0.0779. The molecular weight excluding hydrogens is 356 g/mol. The van der Waals surface area contributed by atoms with Crippen LogP contribution >= 0.6 is 0 Å². The monoisotopic (exact) mass is 382 g/mol. The van der Waals surface area contributed by atoms with Gasteiger partial charge in [-0.15, -0.1) is 0 Å². The Hall–Kier alpha value is -3.02. The Morgan fingerprint density at radius 3 is 2.39 bits per heavy atom. The van der Waals surface area contributed by atoms with E-state index < -0.39 is 0 Å². The Morgan fingerprint density at radius 2 is 1.71 bits per heavy atom. The third-order valence-corrected chi connectivity index (χ3v) is 4.66. The summed E-state index contributed by atoms with van der Waals surface area (Å²) in [6, 6.07) is 13.0. The molecule has 0 saturated heterocycles. The zero-order valence-corrected chi connectivity index (χ0v) is 16.4. The first-order valence-electron chi connectivity index (χ1n) is 9.64. The molecule has 0 unspecified atom stereocenters. The molecule has 0 fully saturated rings. The van der Waals surface area contributed by atoms with Gasteiger partial charge in [0.05, 0.1) is 6.61 Å². The molecule has 148 valence electrons. The first-order valence-corrected chi connectivity index (χ1v) is 9.64. The van der Waals surface area contributed by atoms with Gasteiger partial charge in [-0.1, -0.05) is 13.0 Å². The summed E-state index contributed by atoms with van der Waals surface area (Å²) in [7, 11) is 0. The molecule has 1 aliphatic heterocycles. The lowest BCUT2D eigenvalue weighted by Crippen LogP contribution is -2.35. The number of carbonyl (C=O) groups is 2. The van der Waals surface area contributed by atoms with Crippen LogP contribution in [-0.2, 0) is 22.6 Å². The van der Waals surface area contributed by atoms with E-state index in [-0.39, 0.29) is 18.4 Å². The summed E-state index contributed by atoms with van der Waals surface area (Å²) < 4.78 is 10.9. The number of nitrogens with zero attached hydrogens (tertiary/aromatic N) is 1. The van der Waals surface area contributed by atoms with Crippen LogP contribution in [0.2, 0.25) is 0 Å². The highest BCUT2D eigenvalue weighted by Crippen LogP contribution is 2.23. The second-order valence-electron chi connectivity index (χ2n) is 6.64. The quantitative estimate of drug-likeness (QED) is 0.797. The van der Waals surface area contributed by atoms with E-state index in [9.17, 15) is 9.59 Å². The molecule has 1 aliphatic rings. The largest absolute Gasteiger partial charge is 0.494 e. The van der Waals surface area contributed by atoms with Crippen molar-refractivity contribution in [2.24, 2.45) is 0 Å². The van der Waals surface area contributed by atoms with Gasteiger partial charge in [0.1, 0.15) is 11.5 Å². The van der Waals surface area contributed by atoms with Crippen molar-refractivity contribution >= 4 is 17.5 Å². The molecule has 3 rings (SSSR count). The molecule has 0 radical (unpaired) electrons. The highest BCUT2D eigenvalue weighted by Gasteiger charge is 2.20. The van der Waals surface area contributed by atoms with E-state index in [1.165, 1.54) is 5.56 Å². The molecule has 1 N–H and O–H groups in total. The number of carbonyl (C=O) groups excluding carboxylic acids is 2. The zero-order chi connectivity index (χ0) is 19.9. The average molecular weight is 382 g/mol. The first-order chi connectivity index (χ1) is 13.6. The van der Waals surface area contributed by atoms with Gasteiger partial charge in [-0.2, -0.15) is 0 Å². The number of ether oxygens (including phenoxy) is 2. The summed E-state index contributed by atoms with van der Waals surface area (Å²) in [5, 5.41) is 2.86. The lowest BCUT2D eigenvalue weighted by atomic mass is 9.99. The van der Waals surface area contributed by atoms with Crippen LogP contribution in [0.25, 0.3) is 0 Å². The zero-order valence-electron chi connectivity index (χ0n) is 16.4. The second kappa shape index (κ2) is 9.26. The van der Waals surface area contributed by atoms with E-state index >= 15 is 0 Å². The fourth-order valence-corrected chi connectivity index (χ4v) is 3.22. The molecule has 0 saturated carbocycles. The molecule has 0 spiro atoms. The highest BCUT2D eigenvalue weighted by atomic mass is 16.5. The molecule has 2 amide bonds.